The molecule has 0 spiro atoms. The maximum atomic E-state index is 9.97. The lowest BCUT2D eigenvalue weighted by atomic mass is 10.2. The number of aromatic nitrogens is 1. The van der Waals surface area contributed by atoms with E-state index in [1.807, 2.05) is 35.9 Å². The van der Waals surface area contributed by atoms with Crippen molar-refractivity contribution in [3.05, 3.63) is 40.7 Å². The summed E-state index contributed by atoms with van der Waals surface area (Å²) >= 11 is 1.57. The lowest BCUT2D eigenvalue weighted by Gasteiger charge is -2.13. The Balaban J connectivity index is 1.97. The fraction of sp³-hybridized carbons (Fsp3) is 0.308. The van der Waals surface area contributed by atoms with Gasteiger partial charge < -0.3 is 15.2 Å². The first-order valence-corrected chi connectivity index (χ1v) is 6.77. The Kier molecular flexibility index (Phi) is 4.55. The van der Waals surface area contributed by atoms with Gasteiger partial charge in [0.2, 0.25) is 0 Å². The Labute approximate surface area is 110 Å². The predicted molar refractivity (Wildman–Crippen MR) is 73.2 cm³/mol. The Bertz CT molecular complexity index is 474. The second-order valence-corrected chi connectivity index (χ2v) is 4.52. The third-order valence-corrected chi connectivity index (χ3v) is 3.16. The maximum Gasteiger partial charge on any atom is 0.168 e. The lowest BCUT2D eigenvalue weighted by Crippen LogP contribution is -2.13. The summed E-state index contributed by atoms with van der Waals surface area (Å²) in [6.07, 6.45) is 1.16. The second kappa shape index (κ2) is 6.37. The third-order valence-electron chi connectivity index (χ3n) is 2.46. The van der Waals surface area contributed by atoms with Crippen LogP contribution in [0.4, 0.5) is 5.82 Å². The first-order chi connectivity index (χ1) is 8.81. The van der Waals surface area contributed by atoms with Gasteiger partial charge >= 0.3 is 0 Å². The molecule has 0 fully saturated rings. The summed E-state index contributed by atoms with van der Waals surface area (Å²) in [4.78, 5) is 4.21. The van der Waals surface area contributed by atoms with Crippen molar-refractivity contribution in [3.8, 4) is 5.75 Å². The molecule has 1 atom stereocenters. The van der Waals surface area contributed by atoms with E-state index in [0.717, 1.165) is 5.56 Å². The molecule has 0 aliphatic heterocycles. The summed E-state index contributed by atoms with van der Waals surface area (Å²) in [5.41, 5.74) is 0.918. The van der Waals surface area contributed by atoms with Gasteiger partial charge in [-0.3, -0.25) is 0 Å². The van der Waals surface area contributed by atoms with Crippen LogP contribution in [0.15, 0.2) is 35.2 Å². The molecule has 96 valence electrons. The smallest absolute Gasteiger partial charge is 0.168 e. The Morgan fingerprint density at radius 1 is 1.50 bits per heavy atom. The van der Waals surface area contributed by atoms with E-state index >= 15 is 0 Å². The van der Waals surface area contributed by atoms with Crippen LogP contribution >= 0.6 is 11.3 Å². The zero-order valence-electron chi connectivity index (χ0n) is 10.2. The van der Waals surface area contributed by atoms with Crippen LogP contribution < -0.4 is 10.1 Å². The van der Waals surface area contributed by atoms with Crippen molar-refractivity contribution in [2.24, 2.45) is 0 Å². The Hall–Kier alpha value is -1.59. The number of pyridine rings is 1. The van der Waals surface area contributed by atoms with Crippen molar-refractivity contribution in [1.29, 1.82) is 0 Å². The number of nitrogens with zero attached hydrogens (tertiary/aromatic N) is 1. The number of rotatable bonds is 6. The highest BCUT2D eigenvalue weighted by atomic mass is 32.1. The van der Waals surface area contributed by atoms with E-state index in [-0.39, 0.29) is 0 Å². The molecule has 0 amide bonds. The molecular weight excluding hydrogens is 248 g/mol. The topological polar surface area (TPSA) is 54.4 Å². The van der Waals surface area contributed by atoms with Crippen molar-refractivity contribution >= 4 is 17.2 Å². The van der Waals surface area contributed by atoms with Crippen LogP contribution in [0, 0.1) is 0 Å². The van der Waals surface area contributed by atoms with Crippen LogP contribution in [0.1, 0.15) is 18.6 Å². The molecule has 0 saturated carbocycles. The molecule has 0 bridgehead atoms. The quantitative estimate of drug-likeness (QED) is 0.842. The molecule has 0 aromatic carbocycles. The average Bonchev–Trinajstić information content (AvgIpc) is 2.92. The number of hydrogen-bond donors (Lipinski definition) is 2. The van der Waals surface area contributed by atoms with E-state index < -0.39 is 6.10 Å². The molecule has 0 aliphatic carbocycles. The van der Waals surface area contributed by atoms with E-state index in [9.17, 15) is 5.11 Å². The molecule has 4 nitrogen and oxygen atoms in total. The van der Waals surface area contributed by atoms with Gasteiger partial charge in [-0.2, -0.15) is 11.3 Å². The summed E-state index contributed by atoms with van der Waals surface area (Å²) < 4.78 is 5.46. The first kappa shape index (κ1) is 12.9. The normalized spacial score (nSPS) is 12.1. The summed E-state index contributed by atoms with van der Waals surface area (Å²) in [5.74, 6) is 1.37. The minimum Gasteiger partial charge on any atom is -0.490 e. The number of nitrogens with one attached hydrogen (secondary N) is 1. The molecule has 0 radical (unpaired) electrons. The zero-order valence-corrected chi connectivity index (χ0v) is 11.0. The third kappa shape index (κ3) is 3.21. The molecular formula is C13H16N2O2S. The molecule has 0 saturated heterocycles. The van der Waals surface area contributed by atoms with Gasteiger partial charge in [-0.05, 0) is 41.4 Å². The van der Waals surface area contributed by atoms with Crippen molar-refractivity contribution in [3.63, 3.8) is 0 Å². The largest absolute Gasteiger partial charge is 0.490 e. The van der Waals surface area contributed by atoms with Gasteiger partial charge in [0.15, 0.2) is 11.6 Å². The fourth-order valence-electron chi connectivity index (χ4n) is 1.57. The second-order valence-electron chi connectivity index (χ2n) is 3.74. The van der Waals surface area contributed by atoms with Gasteiger partial charge in [0.25, 0.3) is 0 Å². The number of anilines is 1. The summed E-state index contributed by atoms with van der Waals surface area (Å²) in [7, 11) is 0. The predicted octanol–water partition coefficient (Wildman–Crippen LogP) is 2.69. The van der Waals surface area contributed by atoms with Crippen molar-refractivity contribution in [1.82, 2.24) is 4.98 Å². The molecule has 2 aromatic heterocycles. The molecule has 1 unspecified atom stereocenters. The standard InChI is InChI=1S/C13H16N2O2S/c1-2-17-12-4-3-6-14-13(12)15-8-11(16)10-5-7-18-9-10/h3-7,9,11,16H,2,8H2,1H3,(H,14,15). The average molecular weight is 264 g/mol. The minimum absolute atomic E-state index is 0.411. The van der Waals surface area contributed by atoms with Gasteiger partial charge in [-0.1, -0.05) is 0 Å². The van der Waals surface area contributed by atoms with Crippen molar-refractivity contribution < 1.29 is 9.84 Å². The van der Waals surface area contributed by atoms with Crippen molar-refractivity contribution in [2.75, 3.05) is 18.5 Å². The number of thiophene rings is 1. The van der Waals surface area contributed by atoms with E-state index in [1.54, 1.807) is 17.5 Å². The van der Waals surface area contributed by atoms with E-state index in [2.05, 4.69) is 10.3 Å². The summed E-state index contributed by atoms with van der Waals surface area (Å²) in [6.45, 7) is 2.93. The van der Waals surface area contributed by atoms with Gasteiger partial charge in [0, 0.05) is 12.7 Å². The lowest BCUT2D eigenvalue weighted by molar-refractivity contribution is 0.192. The molecule has 18 heavy (non-hydrogen) atoms. The molecule has 5 heteroatoms. The highest BCUT2D eigenvalue weighted by molar-refractivity contribution is 7.07. The molecule has 2 heterocycles. The van der Waals surface area contributed by atoms with Gasteiger partial charge in [-0.25, -0.2) is 4.98 Å². The Morgan fingerprint density at radius 3 is 3.11 bits per heavy atom. The SMILES string of the molecule is CCOc1cccnc1NCC(O)c1ccsc1. The fourth-order valence-corrected chi connectivity index (χ4v) is 2.28. The number of aliphatic hydroxyl groups is 1. The minimum atomic E-state index is -0.535. The van der Waals surface area contributed by atoms with Crippen LogP contribution in [-0.4, -0.2) is 23.2 Å². The van der Waals surface area contributed by atoms with E-state index in [0.29, 0.717) is 24.7 Å². The van der Waals surface area contributed by atoms with Crippen LogP contribution in [0.25, 0.3) is 0 Å². The summed E-state index contributed by atoms with van der Waals surface area (Å²) in [6, 6.07) is 5.60. The van der Waals surface area contributed by atoms with Crippen LogP contribution in [0.2, 0.25) is 0 Å². The molecule has 2 aromatic rings. The molecule has 2 N–H and O–H groups in total. The summed E-state index contributed by atoms with van der Waals surface area (Å²) in [5, 5.41) is 17.0. The highest BCUT2D eigenvalue weighted by Crippen LogP contribution is 2.22. The van der Waals surface area contributed by atoms with Gasteiger partial charge in [-0.15, -0.1) is 0 Å². The Morgan fingerprint density at radius 2 is 2.39 bits per heavy atom. The number of aliphatic hydroxyl groups excluding tert-OH is 1. The monoisotopic (exact) mass is 264 g/mol. The van der Waals surface area contributed by atoms with Crippen LogP contribution in [0.5, 0.6) is 5.75 Å². The highest BCUT2D eigenvalue weighted by Gasteiger charge is 2.09. The number of ether oxygens (including phenoxy) is 1. The first-order valence-electron chi connectivity index (χ1n) is 5.83. The van der Waals surface area contributed by atoms with Crippen LogP contribution in [-0.2, 0) is 0 Å². The van der Waals surface area contributed by atoms with Gasteiger partial charge in [0.1, 0.15) is 0 Å². The van der Waals surface area contributed by atoms with Crippen LogP contribution in [0.3, 0.4) is 0 Å². The van der Waals surface area contributed by atoms with Gasteiger partial charge in [0.05, 0.1) is 12.7 Å². The van der Waals surface area contributed by atoms with E-state index in [1.165, 1.54) is 0 Å². The zero-order chi connectivity index (χ0) is 12.8. The molecule has 2 rings (SSSR count). The number of hydrogen-bond acceptors (Lipinski definition) is 5. The van der Waals surface area contributed by atoms with Crippen molar-refractivity contribution in [2.45, 2.75) is 13.0 Å². The molecule has 0 aliphatic rings. The van der Waals surface area contributed by atoms with E-state index in [4.69, 9.17) is 4.74 Å². The maximum absolute atomic E-state index is 9.97.